The second-order valence-corrected chi connectivity index (χ2v) is 8.31. The number of carbonyl (C=O) groups excluding carboxylic acids is 1. The van der Waals surface area contributed by atoms with Gasteiger partial charge in [0, 0.05) is 17.2 Å². The molecule has 0 atom stereocenters. The minimum atomic E-state index is 0.0171. The number of piperidine rings is 1. The Morgan fingerprint density at radius 1 is 1.17 bits per heavy atom. The predicted molar refractivity (Wildman–Crippen MR) is 117 cm³/mol. The maximum absolute atomic E-state index is 12.7. The Balaban J connectivity index is 1.31. The summed E-state index contributed by atoms with van der Waals surface area (Å²) in [5.41, 5.74) is 3.93. The highest BCUT2D eigenvalue weighted by Gasteiger charge is 2.26. The number of aromatic nitrogens is 2. The number of nitrogens with zero attached hydrogens (tertiary/aromatic N) is 3. The van der Waals surface area contributed by atoms with Crippen LogP contribution in [0.5, 0.6) is 0 Å². The highest BCUT2D eigenvalue weighted by Crippen LogP contribution is 2.26. The van der Waals surface area contributed by atoms with Gasteiger partial charge in [0.2, 0.25) is 17.6 Å². The van der Waals surface area contributed by atoms with Crippen molar-refractivity contribution in [2.45, 2.75) is 33.2 Å². The molecule has 1 saturated heterocycles. The molecule has 1 fully saturated rings. The Morgan fingerprint density at radius 3 is 2.57 bits per heavy atom. The molecular weight excluding hydrogens is 400 g/mol. The van der Waals surface area contributed by atoms with Crippen LogP contribution in [-0.2, 0) is 11.3 Å². The van der Waals surface area contributed by atoms with Gasteiger partial charge in [0.1, 0.15) is 0 Å². The molecule has 1 amide bonds. The largest absolute Gasteiger partial charge is 0.338 e. The smallest absolute Gasteiger partial charge is 0.241 e. The first-order valence-electron chi connectivity index (χ1n) is 10.2. The maximum Gasteiger partial charge on any atom is 0.241 e. The molecule has 0 unspecified atom stereocenters. The average molecular weight is 425 g/mol. The Kier molecular flexibility index (Phi) is 6.16. The normalized spacial score (nSPS) is 15.3. The van der Waals surface area contributed by atoms with E-state index in [1.165, 1.54) is 0 Å². The molecule has 156 valence electrons. The third kappa shape index (κ3) is 4.89. The van der Waals surface area contributed by atoms with Gasteiger partial charge in [-0.15, -0.1) is 0 Å². The first kappa shape index (κ1) is 20.6. The summed E-state index contributed by atoms with van der Waals surface area (Å²) in [7, 11) is 0. The average Bonchev–Trinajstić information content (AvgIpc) is 3.16. The summed E-state index contributed by atoms with van der Waals surface area (Å²) >= 11 is 6.21. The lowest BCUT2D eigenvalue weighted by Gasteiger charge is -2.30. The van der Waals surface area contributed by atoms with Gasteiger partial charge in [0.25, 0.3) is 0 Å². The molecule has 2 aromatic carbocycles. The van der Waals surface area contributed by atoms with Crippen LogP contribution in [0.15, 0.2) is 47.0 Å². The number of amides is 1. The van der Waals surface area contributed by atoms with Crippen LogP contribution in [0.25, 0.3) is 11.4 Å². The van der Waals surface area contributed by atoms with E-state index in [-0.39, 0.29) is 11.8 Å². The molecule has 0 aliphatic carbocycles. The number of hydrogen-bond donors (Lipinski definition) is 1. The summed E-state index contributed by atoms with van der Waals surface area (Å²) in [5, 5.41) is 7.73. The number of aryl methyl sites for hydroxylation is 2. The third-order valence-electron chi connectivity index (χ3n) is 5.39. The fourth-order valence-electron chi connectivity index (χ4n) is 3.91. The Hall–Kier alpha value is -2.70. The molecular formula is C23H25ClN4O2. The van der Waals surface area contributed by atoms with Crippen molar-refractivity contribution in [2.75, 3.05) is 18.4 Å². The Labute approximate surface area is 181 Å². The molecule has 1 aromatic heterocycles. The lowest BCUT2D eigenvalue weighted by Crippen LogP contribution is -2.37. The summed E-state index contributed by atoms with van der Waals surface area (Å²) in [6.45, 7) is 6.28. The molecule has 3 aromatic rings. The van der Waals surface area contributed by atoms with Crippen molar-refractivity contribution in [2.24, 2.45) is 5.92 Å². The van der Waals surface area contributed by atoms with Crippen LogP contribution in [0.1, 0.15) is 29.9 Å². The number of anilines is 1. The molecule has 0 radical (unpaired) electrons. The zero-order chi connectivity index (χ0) is 21.1. The molecule has 4 rings (SSSR count). The van der Waals surface area contributed by atoms with E-state index in [2.05, 4.69) is 26.4 Å². The Morgan fingerprint density at radius 2 is 1.87 bits per heavy atom. The zero-order valence-electron chi connectivity index (χ0n) is 17.2. The molecule has 0 saturated carbocycles. The summed E-state index contributed by atoms with van der Waals surface area (Å²) in [6, 6.07) is 13.6. The van der Waals surface area contributed by atoms with Gasteiger partial charge in [-0.3, -0.25) is 9.69 Å². The van der Waals surface area contributed by atoms with Crippen LogP contribution in [0.2, 0.25) is 5.02 Å². The van der Waals surface area contributed by atoms with Crippen LogP contribution in [0, 0.1) is 19.8 Å². The number of nitrogens with one attached hydrogen (secondary N) is 1. The van der Waals surface area contributed by atoms with E-state index < -0.39 is 0 Å². The fourth-order valence-corrected chi connectivity index (χ4v) is 4.13. The first-order valence-corrected chi connectivity index (χ1v) is 10.5. The third-order valence-corrected chi connectivity index (χ3v) is 5.72. The van der Waals surface area contributed by atoms with E-state index in [0.29, 0.717) is 23.3 Å². The molecule has 1 N–H and O–H groups in total. The lowest BCUT2D eigenvalue weighted by molar-refractivity contribution is -0.121. The quantitative estimate of drug-likeness (QED) is 0.633. The van der Waals surface area contributed by atoms with E-state index in [1.54, 1.807) is 6.07 Å². The van der Waals surface area contributed by atoms with E-state index in [9.17, 15) is 4.79 Å². The van der Waals surface area contributed by atoms with E-state index in [1.807, 2.05) is 44.2 Å². The standard InChI is InChI=1S/C23H25ClN4O2/c1-15-11-16(2)13-18(12-15)25-23(29)17-7-9-28(10-8-17)14-21-26-22(27-30-21)19-5-3-4-6-20(19)24/h3-6,11-13,17H,7-10,14H2,1-2H3,(H,25,29). The highest BCUT2D eigenvalue weighted by molar-refractivity contribution is 6.33. The molecule has 0 spiro atoms. The number of halogens is 1. The molecule has 7 heteroatoms. The highest BCUT2D eigenvalue weighted by atomic mass is 35.5. The summed E-state index contributed by atoms with van der Waals surface area (Å²) in [5.74, 6) is 1.17. The number of hydrogen-bond acceptors (Lipinski definition) is 5. The van der Waals surface area contributed by atoms with Crippen molar-refractivity contribution in [1.29, 1.82) is 0 Å². The Bertz CT molecular complexity index is 1020. The number of rotatable bonds is 5. The van der Waals surface area contributed by atoms with Gasteiger partial charge >= 0.3 is 0 Å². The first-order chi connectivity index (χ1) is 14.5. The van der Waals surface area contributed by atoms with E-state index >= 15 is 0 Å². The summed E-state index contributed by atoms with van der Waals surface area (Å²) in [4.78, 5) is 19.4. The van der Waals surface area contributed by atoms with Crippen LogP contribution >= 0.6 is 11.6 Å². The van der Waals surface area contributed by atoms with E-state index in [0.717, 1.165) is 48.3 Å². The second-order valence-electron chi connectivity index (χ2n) is 7.91. The number of benzene rings is 2. The van der Waals surface area contributed by atoms with Crippen LogP contribution in [0.4, 0.5) is 5.69 Å². The van der Waals surface area contributed by atoms with Crippen LogP contribution in [0.3, 0.4) is 0 Å². The summed E-state index contributed by atoms with van der Waals surface area (Å²) < 4.78 is 5.41. The number of likely N-dealkylation sites (tertiary alicyclic amines) is 1. The fraction of sp³-hybridized carbons (Fsp3) is 0.348. The van der Waals surface area contributed by atoms with Crippen molar-refractivity contribution in [1.82, 2.24) is 15.0 Å². The molecule has 1 aliphatic rings. The minimum Gasteiger partial charge on any atom is -0.338 e. The van der Waals surface area contributed by atoms with Crippen molar-refractivity contribution >= 4 is 23.2 Å². The molecule has 30 heavy (non-hydrogen) atoms. The van der Waals surface area contributed by atoms with Crippen LogP contribution < -0.4 is 5.32 Å². The van der Waals surface area contributed by atoms with Gasteiger partial charge in [-0.1, -0.05) is 35.0 Å². The minimum absolute atomic E-state index is 0.0171. The van der Waals surface area contributed by atoms with Gasteiger partial charge in [-0.05, 0) is 75.2 Å². The van der Waals surface area contributed by atoms with Crippen molar-refractivity contribution in [3.05, 3.63) is 64.5 Å². The van der Waals surface area contributed by atoms with Gasteiger partial charge in [-0.25, -0.2) is 0 Å². The van der Waals surface area contributed by atoms with Gasteiger partial charge in [0.15, 0.2) is 0 Å². The SMILES string of the molecule is Cc1cc(C)cc(NC(=O)C2CCN(Cc3nc(-c4ccccc4Cl)no3)CC2)c1. The van der Waals surface area contributed by atoms with Gasteiger partial charge in [-0.2, -0.15) is 4.98 Å². The molecule has 2 heterocycles. The second kappa shape index (κ2) is 8.98. The van der Waals surface area contributed by atoms with Crippen molar-refractivity contribution in [3.63, 3.8) is 0 Å². The van der Waals surface area contributed by atoms with Crippen LogP contribution in [-0.4, -0.2) is 34.0 Å². The zero-order valence-corrected chi connectivity index (χ0v) is 17.9. The maximum atomic E-state index is 12.7. The lowest BCUT2D eigenvalue weighted by atomic mass is 9.95. The molecule has 1 aliphatic heterocycles. The topological polar surface area (TPSA) is 71.3 Å². The molecule has 6 nitrogen and oxygen atoms in total. The monoisotopic (exact) mass is 424 g/mol. The predicted octanol–water partition coefficient (Wildman–Crippen LogP) is 4.86. The summed E-state index contributed by atoms with van der Waals surface area (Å²) in [6.07, 6.45) is 1.62. The van der Waals surface area contributed by atoms with Gasteiger partial charge < -0.3 is 9.84 Å². The van der Waals surface area contributed by atoms with Crippen molar-refractivity contribution in [3.8, 4) is 11.4 Å². The van der Waals surface area contributed by atoms with E-state index in [4.69, 9.17) is 16.1 Å². The van der Waals surface area contributed by atoms with Crippen molar-refractivity contribution < 1.29 is 9.32 Å². The molecule has 0 bridgehead atoms. The number of carbonyl (C=O) groups is 1. The van der Waals surface area contributed by atoms with Gasteiger partial charge in [0.05, 0.1) is 11.6 Å².